The molecule has 19 heavy (non-hydrogen) atoms. The molecule has 104 valence electrons. The van der Waals surface area contributed by atoms with Gasteiger partial charge in [0.25, 0.3) is 0 Å². The normalized spacial score (nSPS) is 17.5. The predicted octanol–water partition coefficient (Wildman–Crippen LogP) is 3.44. The van der Waals surface area contributed by atoms with Gasteiger partial charge in [0.2, 0.25) is 5.91 Å². The Morgan fingerprint density at radius 1 is 1.05 bits per heavy atom. The fourth-order valence-electron chi connectivity index (χ4n) is 2.69. The van der Waals surface area contributed by atoms with Crippen molar-refractivity contribution < 1.29 is 4.79 Å². The summed E-state index contributed by atoms with van der Waals surface area (Å²) >= 11 is 0. The van der Waals surface area contributed by atoms with E-state index in [1.165, 1.54) is 32.1 Å². The van der Waals surface area contributed by atoms with Crippen molar-refractivity contribution in [2.45, 2.75) is 51.5 Å². The molecule has 0 atom stereocenters. The highest BCUT2D eigenvalue weighted by atomic mass is 16.1. The molecule has 3 nitrogen and oxygen atoms in total. The van der Waals surface area contributed by atoms with Crippen molar-refractivity contribution in [2.75, 3.05) is 5.32 Å². The molecule has 1 saturated carbocycles. The van der Waals surface area contributed by atoms with Gasteiger partial charge in [-0.1, -0.05) is 44.2 Å². The molecular weight excluding hydrogens is 236 g/mol. The number of benzene rings is 1. The number of nitrogens with two attached hydrogens (primary N) is 1. The zero-order valence-corrected chi connectivity index (χ0v) is 11.5. The topological polar surface area (TPSA) is 55.1 Å². The van der Waals surface area contributed by atoms with Gasteiger partial charge in [-0.05, 0) is 30.5 Å². The number of carbonyl (C=O) groups is 1. The number of carbonyl (C=O) groups excluding carboxylic acids is 1. The minimum atomic E-state index is 0.183. The minimum absolute atomic E-state index is 0.183. The van der Waals surface area contributed by atoms with Crippen LogP contribution in [0, 0.1) is 5.92 Å². The van der Waals surface area contributed by atoms with Crippen molar-refractivity contribution in [3.8, 4) is 0 Å². The molecule has 1 amide bonds. The quantitative estimate of drug-likeness (QED) is 0.874. The van der Waals surface area contributed by atoms with Crippen LogP contribution in [0.3, 0.4) is 0 Å². The highest BCUT2D eigenvalue weighted by Crippen LogP contribution is 2.23. The fourth-order valence-corrected chi connectivity index (χ4v) is 2.69. The van der Waals surface area contributed by atoms with Gasteiger partial charge in [0.1, 0.15) is 0 Å². The van der Waals surface area contributed by atoms with Gasteiger partial charge < -0.3 is 11.1 Å². The van der Waals surface area contributed by atoms with Crippen molar-refractivity contribution in [3.63, 3.8) is 0 Å². The lowest BCUT2D eigenvalue weighted by Crippen LogP contribution is -2.23. The molecule has 0 heterocycles. The summed E-state index contributed by atoms with van der Waals surface area (Å²) in [6, 6.07) is 7.80. The number of amides is 1. The second-order valence-corrected chi connectivity index (χ2v) is 5.43. The molecular formula is C16H24N2O. The summed E-state index contributed by atoms with van der Waals surface area (Å²) in [6.07, 6.45) is 8.31. The van der Waals surface area contributed by atoms with E-state index in [4.69, 9.17) is 5.73 Å². The van der Waals surface area contributed by atoms with Gasteiger partial charge in [-0.3, -0.25) is 4.79 Å². The van der Waals surface area contributed by atoms with E-state index in [2.05, 4.69) is 5.32 Å². The number of hydrogen-bond acceptors (Lipinski definition) is 2. The van der Waals surface area contributed by atoms with Gasteiger partial charge in [-0.15, -0.1) is 0 Å². The summed E-state index contributed by atoms with van der Waals surface area (Å²) in [5.74, 6) is 0.372. The Kier molecular flexibility index (Phi) is 5.40. The summed E-state index contributed by atoms with van der Waals surface area (Å²) < 4.78 is 0. The van der Waals surface area contributed by atoms with Crippen molar-refractivity contribution in [3.05, 3.63) is 29.8 Å². The van der Waals surface area contributed by atoms with Crippen molar-refractivity contribution in [1.29, 1.82) is 0 Å². The molecule has 0 saturated heterocycles. The summed E-state index contributed by atoms with van der Waals surface area (Å²) in [4.78, 5) is 12.3. The van der Waals surface area contributed by atoms with E-state index in [1.807, 2.05) is 24.3 Å². The molecule has 3 heteroatoms. The van der Waals surface area contributed by atoms with Crippen LogP contribution in [-0.4, -0.2) is 5.91 Å². The van der Waals surface area contributed by atoms with Gasteiger partial charge in [-0.2, -0.15) is 0 Å². The van der Waals surface area contributed by atoms with Gasteiger partial charge >= 0.3 is 0 Å². The van der Waals surface area contributed by atoms with Gasteiger partial charge in [0, 0.05) is 18.2 Å². The molecule has 1 aliphatic rings. The molecule has 2 rings (SSSR count). The summed E-state index contributed by atoms with van der Waals surface area (Å²) in [5.41, 5.74) is 7.53. The van der Waals surface area contributed by atoms with E-state index in [1.54, 1.807) is 0 Å². The standard InChI is InChI=1S/C16H24N2O/c17-12-13-8-10-15(11-9-13)18-16(19)14-6-4-2-1-3-5-7-14/h8-11,14H,1-7,12,17H2,(H,18,19). The summed E-state index contributed by atoms with van der Waals surface area (Å²) in [6.45, 7) is 0.539. The Morgan fingerprint density at radius 3 is 2.21 bits per heavy atom. The third-order valence-electron chi connectivity index (χ3n) is 3.93. The van der Waals surface area contributed by atoms with Crippen LogP contribution in [0.25, 0.3) is 0 Å². The van der Waals surface area contributed by atoms with Crippen LogP contribution in [0.15, 0.2) is 24.3 Å². The Hall–Kier alpha value is -1.35. The van der Waals surface area contributed by atoms with Crippen LogP contribution in [0.2, 0.25) is 0 Å². The smallest absolute Gasteiger partial charge is 0.227 e. The first kappa shape index (κ1) is 14.1. The molecule has 0 aliphatic heterocycles. The molecule has 1 aliphatic carbocycles. The van der Waals surface area contributed by atoms with E-state index >= 15 is 0 Å². The molecule has 1 aromatic rings. The maximum Gasteiger partial charge on any atom is 0.227 e. The van der Waals surface area contributed by atoms with Crippen molar-refractivity contribution in [1.82, 2.24) is 0 Å². The third kappa shape index (κ3) is 4.35. The number of anilines is 1. The molecule has 0 radical (unpaired) electrons. The SMILES string of the molecule is NCc1ccc(NC(=O)C2CCCCCCC2)cc1. The van der Waals surface area contributed by atoms with Crippen LogP contribution in [0.4, 0.5) is 5.69 Å². The molecule has 0 bridgehead atoms. The second-order valence-electron chi connectivity index (χ2n) is 5.43. The first-order valence-electron chi connectivity index (χ1n) is 7.39. The molecule has 1 fully saturated rings. The largest absolute Gasteiger partial charge is 0.326 e. The van der Waals surface area contributed by atoms with E-state index in [0.29, 0.717) is 6.54 Å². The molecule has 0 unspecified atom stereocenters. The van der Waals surface area contributed by atoms with Crippen LogP contribution in [0.1, 0.15) is 50.5 Å². The monoisotopic (exact) mass is 260 g/mol. The number of rotatable bonds is 3. The average Bonchev–Trinajstić information content (AvgIpc) is 2.39. The Bertz CT molecular complexity index is 392. The van der Waals surface area contributed by atoms with Crippen LogP contribution in [-0.2, 0) is 11.3 Å². The molecule has 0 spiro atoms. The zero-order chi connectivity index (χ0) is 13.5. The molecule has 3 N–H and O–H groups in total. The Balaban J connectivity index is 1.90. The average molecular weight is 260 g/mol. The highest BCUT2D eigenvalue weighted by Gasteiger charge is 2.19. The first-order valence-corrected chi connectivity index (χ1v) is 7.39. The first-order chi connectivity index (χ1) is 9.29. The third-order valence-corrected chi connectivity index (χ3v) is 3.93. The van der Waals surface area contributed by atoms with E-state index in [9.17, 15) is 4.79 Å². The predicted molar refractivity (Wildman–Crippen MR) is 78.8 cm³/mol. The lowest BCUT2D eigenvalue weighted by molar-refractivity contribution is -0.120. The van der Waals surface area contributed by atoms with E-state index < -0.39 is 0 Å². The van der Waals surface area contributed by atoms with Gasteiger partial charge in [0.05, 0.1) is 0 Å². The summed E-state index contributed by atoms with van der Waals surface area (Å²) in [7, 11) is 0. The minimum Gasteiger partial charge on any atom is -0.326 e. The lowest BCUT2D eigenvalue weighted by Gasteiger charge is -2.19. The van der Waals surface area contributed by atoms with Crippen LogP contribution >= 0.6 is 0 Å². The van der Waals surface area contributed by atoms with E-state index in [-0.39, 0.29) is 11.8 Å². The Labute approximate surface area is 115 Å². The fraction of sp³-hybridized carbons (Fsp3) is 0.562. The van der Waals surface area contributed by atoms with Gasteiger partial charge in [0.15, 0.2) is 0 Å². The van der Waals surface area contributed by atoms with Crippen LogP contribution < -0.4 is 11.1 Å². The number of nitrogens with one attached hydrogen (secondary N) is 1. The molecule has 0 aromatic heterocycles. The lowest BCUT2D eigenvalue weighted by atomic mass is 9.90. The zero-order valence-electron chi connectivity index (χ0n) is 11.5. The van der Waals surface area contributed by atoms with Crippen molar-refractivity contribution in [2.24, 2.45) is 11.7 Å². The second kappa shape index (κ2) is 7.29. The Morgan fingerprint density at radius 2 is 1.63 bits per heavy atom. The van der Waals surface area contributed by atoms with Gasteiger partial charge in [-0.25, -0.2) is 0 Å². The highest BCUT2D eigenvalue weighted by molar-refractivity contribution is 5.92. The van der Waals surface area contributed by atoms with Crippen molar-refractivity contribution >= 4 is 11.6 Å². The molecule has 1 aromatic carbocycles. The maximum atomic E-state index is 12.3. The number of hydrogen-bond donors (Lipinski definition) is 2. The van der Waals surface area contributed by atoms with Crippen LogP contribution in [0.5, 0.6) is 0 Å². The maximum absolute atomic E-state index is 12.3. The van der Waals surface area contributed by atoms with E-state index in [0.717, 1.165) is 24.1 Å². The summed E-state index contributed by atoms with van der Waals surface area (Å²) in [5, 5.41) is 3.03.